The summed E-state index contributed by atoms with van der Waals surface area (Å²) in [6, 6.07) is 12.0. The molecule has 5 heteroatoms. The molecule has 0 amide bonds. The van der Waals surface area contributed by atoms with E-state index in [1.807, 2.05) is 32.0 Å². The van der Waals surface area contributed by atoms with E-state index in [-0.39, 0.29) is 11.7 Å². The fraction of sp³-hybridized carbons (Fsp3) is 0.222. The van der Waals surface area contributed by atoms with Crippen molar-refractivity contribution in [3.8, 4) is 11.5 Å². The van der Waals surface area contributed by atoms with Crippen LogP contribution >= 0.6 is 0 Å². The molecule has 0 aliphatic carbocycles. The second-order valence-corrected chi connectivity index (χ2v) is 5.16. The minimum Gasteiger partial charge on any atom is -0.493 e. The third-order valence-electron chi connectivity index (χ3n) is 3.03. The molecule has 5 nitrogen and oxygen atoms in total. The minimum absolute atomic E-state index is 0.00575. The van der Waals surface area contributed by atoms with Crippen molar-refractivity contribution in [3.63, 3.8) is 0 Å². The molecular weight excluding hydrogens is 294 g/mol. The van der Waals surface area contributed by atoms with E-state index in [0.717, 1.165) is 5.56 Å². The molecule has 0 saturated heterocycles. The first kappa shape index (κ1) is 16.5. The van der Waals surface area contributed by atoms with Crippen molar-refractivity contribution < 1.29 is 19.4 Å². The Morgan fingerprint density at radius 3 is 2.61 bits per heavy atom. The van der Waals surface area contributed by atoms with E-state index in [9.17, 15) is 4.79 Å². The molecule has 0 unspecified atom stereocenters. The van der Waals surface area contributed by atoms with Crippen LogP contribution in [0.5, 0.6) is 11.5 Å². The lowest BCUT2D eigenvalue weighted by Gasteiger charge is -2.15. The van der Waals surface area contributed by atoms with Gasteiger partial charge >= 0.3 is 5.97 Å². The number of carboxylic acid groups (broad SMARTS) is 1. The Kier molecular flexibility index (Phi) is 5.36. The van der Waals surface area contributed by atoms with Gasteiger partial charge in [0.15, 0.2) is 11.5 Å². The normalized spacial score (nSPS) is 11.0. The van der Waals surface area contributed by atoms with Crippen molar-refractivity contribution in [3.05, 3.63) is 53.6 Å². The highest BCUT2D eigenvalue weighted by molar-refractivity contribution is 5.90. The van der Waals surface area contributed by atoms with Gasteiger partial charge in [0.1, 0.15) is 0 Å². The monoisotopic (exact) mass is 313 g/mol. The van der Waals surface area contributed by atoms with E-state index < -0.39 is 5.97 Å². The molecule has 0 saturated carbocycles. The van der Waals surface area contributed by atoms with Crippen LogP contribution in [-0.2, 0) is 0 Å². The maximum Gasteiger partial charge on any atom is 0.335 e. The molecule has 0 aromatic heterocycles. The van der Waals surface area contributed by atoms with Gasteiger partial charge in [0.2, 0.25) is 0 Å². The van der Waals surface area contributed by atoms with Gasteiger partial charge in [-0.3, -0.25) is 4.99 Å². The molecular formula is C18H19NO4. The van der Waals surface area contributed by atoms with Crippen LogP contribution in [0, 0.1) is 0 Å². The second-order valence-electron chi connectivity index (χ2n) is 5.16. The second kappa shape index (κ2) is 7.45. The predicted octanol–water partition coefficient (Wildman–Crippen LogP) is 3.93. The molecule has 120 valence electrons. The summed E-state index contributed by atoms with van der Waals surface area (Å²) in [5, 5.41) is 9.02. The summed E-state index contributed by atoms with van der Waals surface area (Å²) in [6.45, 7) is 3.87. The lowest BCUT2D eigenvalue weighted by molar-refractivity contribution is 0.0697. The van der Waals surface area contributed by atoms with E-state index in [4.69, 9.17) is 14.6 Å². The molecule has 0 heterocycles. The van der Waals surface area contributed by atoms with Crippen molar-refractivity contribution >= 4 is 17.9 Å². The number of hydrogen-bond acceptors (Lipinski definition) is 4. The number of carbonyl (C=O) groups is 1. The Labute approximate surface area is 135 Å². The van der Waals surface area contributed by atoms with Gasteiger partial charge in [-0.15, -0.1) is 0 Å². The first-order chi connectivity index (χ1) is 11.0. The van der Waals surface area contributed by atoms with Crippen molar-refractivity contribution in [2.24, 2.45) is 4.99 Å². The number of hydrogen-bond donors (Lipinski definition) is 1. The summed E-state index contributed by atoms with van der Waals surface area (Å²) < 4.78 is 11.1. The van der Waals surface area contributed by atoms with E-state index in [1.54, 1.807) is 25.5 Å². The fourth-order valence-corrected chi connectivity index (χ4v) is 2.02. The highest BCUT2D eigenvalue weighted by Gasteiger charge is 2.11. The smallest absolute Gasteiger partial charge is 0.335 e. The molecule has 1 N–H and O–H groups in total. The molecule has 2 aromatic carbocycles. The number of benzene rings is 2. The minimum atomic E-state index is -0.979. The van der Waals surface area contributed by atoms with Crippen LogP contribution in [-0.4, -0.2) is 30.5 Å². The van der Waals surface area contributed by atoms with Crippen LogP contribution in [0.2, 0.25) is 0 Å². The molecule has 0 aliphatic heterocycles. The van der Waals surface area contributed by atoms with Crippen molar-refractivity contribution in [1.82, 2.24) is 0 Å². The SMILES string of the molecule is COc1cccc(C=Nc2cccc(C(=O)O)c2)c1OC(C)C. The molecule has 2 aromatic rings. The van der Waals surface area contributed by atoms with E-state index in [2.05, 4.69) is 4.99 Å². The Morgan fingerprint density at radius 1 is 1.22 bits per heavy atom. The average Bonchev–Trinajstić information content (AvgIpc) is 2.53. The van der Waals surface area contributed by atoms with Crippen molar-refractivity contribution in [2.45, 2.75) is 20.0 Å². The Balaban J connectivity index is 2.35. The summed E-state index contributed by atoms with van der Waals surface area (Å²) in [4.78, 5) is 15.3. The molecule has 0 atom stereocenters. The highest BCUT2D eigenvalue weighted by Crippen LogP contribution is 2.31. The Morgan fingerprint density at radius 2 is 1.96 bits per heavy atom. The number of methoxy groups -OCH3 is 1. The van der Waals surface area contributed by atoms with Gasteiger partial charge in [0.25, 0.3) is 0 Å². The van der Waals surface area contributed by atoms with Gasteiger partial charge in [-0.25, -0.2) is 4.79 Å². The number of ether oxygens (including phenoxy) is 2. The summed E-state index contributed by atoms with van der Waals surface area (Å²) in [5.41, 5.74) is 1.52. The largest absolute Gasteiger partial charge is 0.493 e. The van der Waals surface area contributed by atoms with E-state index in [0.29, 0.717) is 17.2 Å². The number of aromatic carboxylic acids is 1. The van der Waals surface area contributed by atoms with Crippen LogP contribution in [0.1, 0.15) is 29.8 Å². The summed E-state index contributed by atoms with van der Waals surface area (Å²) >= 11 is 0. The maximum absolute atomic E-state index is 11.0. The standard InChI is InChI=1S/C18H19NO4/c1-12(2)23-17-14(7-5-9-16(17)22-3)11-19-15-8-4-6-13(10-15)18(20)21/h4-12H,1-3H3,(H,20,21). The summed E-state index contributed by atoms with van der Waals surface area (Å²) in [7, 11) is 1.58. The molecule has 0 aliphatic rings. The van der Waals surface area contributed by atoms with E-state index >= 15 is 0 Å². The number of carboxylic acids is 1. The molecule has 0 radical (unpaired) electrons. The lowest BCUT2D eigenvalue weighted by Crippen LogP contribution is -2.08. The van der Waals surface area contributed by atoms with Gasteiger partial charge in [0.05, 0.1) is 24.5 Å². The first-order valence-corrected chi connectivity index (χ1v) is 7.22. The fourth-order valence-electron chi connectivity index (χ4n) is 2.02. The topological polar surface area (TPSA) is 68.1 Å². The molecule has 0 bridgehead atoms. The molecule has 0 fully saturated rings. The molecule has 2 rings (SSSR count). The zero-order valence-corrected chi connectivity index (χ0v) is 13.3. The first-order valence-electron chi connectivity index (χ1n) is 7.22. The van der Waals surface area contributed by atoms with Crippen LogP contribution < -0.4 is 9.47 Å². The van der Waals surface area contributed by atoms with Gasteiger partial charge in [-0.05, 0) is 44.2 Å². The zero-order valence-electron chi connectivity index (χ0n) is 13.3. The quantitative estimate of drug-likeness (QED) is 0.820. The zero-order chi connectivity index (χ0) is 16.8. The summed E-state index contributed by atoms with van der Waals surface area (Å²) in [5.74, 6) is 0.261. The van der Waals surface area contributed by atoms with Crippen LogP contribution in [0.3, 0.4) is 0 Å². The highest BCUT2D eigenvalue weighted by atomic mass is 16.5. The van der Waals surface area contributed by atoms with Gasteiger partial charge in [-0.2, -0.15) is 0 Å². The number of rotatable bonds is 6. The van der Waals surface area contributed by atoms with E-state index in [1.165, 1.54) is 12.1 Å². The third kappa shape index (κ3) is 4.32. The lowest BCUT2D eigenvalue weighted by atomic mass is 10.2. The number of aliphatic imine (C=N–C) groups is 1. The number of para-hydroxylation sites is 1. The van der Waals surface area contributed by atoms with Crippen molar-refractivity contribution in [2.75, 3.05) is 7.11 Å². The Bertz CT molecular complexity index is 723. The average molecular weight is 313 g/mol. The maximum atomic E-state index is 11.0. The van der Waals surface area contributed by atoms with Crippen LogP contribution in [0.25, 0.3) is 0 Å². The molecule has 23 heavy (non-hydrogen) atoms. The number of nitrogens with zero attached hydrogens (tertiary/aromatic N) is 1. The predicted molar refractivity (Wildman–Crippen MR) is 89.4 cm³/mol. The van der Waals surface area contributed by atoms with Crippen LogP contribution in [0.15, 0.2) is 47.5 Å². The van der Waals surface area contributed by atoms with Gasteiger partial charge < -0.3 is 14.6 Å². The van der Waals surface area contributed by atoms with Crippen LogP contribution in [0.4, 0.5) is 5.69 Å². The van der Waals surface area contributed by atoms with Gasteiger partial charge in [0, 0.05) is 11.8 Å². The summed E-state index contributed by atoms with van der Waals surface area (Å²) in [6.07, 6.45) is 1.63. The Hall–Kier alpha value is -2.82. The third-order valence-corrected chi connectivity index (χ3v) is 3.03. The van der Waals surface area contributed by atoms with Gasteiger partial charge in [-0.1, -0.05) is 12.1 Å². The van der Waals surface area contributed by atoms with Crippen molar-refractivity contribution in [1.29, 1.82) is 0 Å². The molecule has 0 spiro atoms.